The van der Waals surface area contributed by atoms with Crippen LogP contribution in [0.2, 0.25) is 0 Å². The Hall–Kier alpha value is -1.06. The smallest absolute Gasteiger partial charge is 0.306 e. The molecule has 0 aromatic heterocycles. The van der Waals surface area contributed by atoms with Crippen molar-refractivity contribution in [2.75, 3.05) is 6.54 Å². The normalized spacial score (nSPS) is 30.2. The van der Waals surface area contributed by atoms with Gasteiger partial charge in [-0.2, -0.15) is 0 Å². The number of hydrogen-bond donors (Lipinski definition) is 2. The number of aliphatic carboxylic acids is 1. The molecular formula is C16H25NO3. The Morgan fingerprint density at radius 1 is 1.00 bits per heavy atom. The van der Waals surface area contributed by atoms with Crippen molar-refractivity contribution in [1.29, 1.82) is 0 Å². The molecule has 2 N–H and O–H groups in total. The van der Waals surface area contributed by atoms with E-state index in [1.807, 2.05) is 0 Å². The van der Waals surface area contributed by atoms with Crippen molar-refractivity contribution in [2.45, 2.75) is 51.4 Å². The molecule has 0 radical (unpaired) electrons. The zero-order valence-corrected chi connectivity index (χ0v) is 12.0. The molecule has 3 saturated carbocycles. The highest BCUT2D eigenvalue weighted by atomic mass is 16.4. The topological polar surface area (TPSA) is 66.4 Å². The van der Waals surface area contributed by atoms with Crippen LogP contribution in [0.5, 0.6) is 0 Å². The number of carbonyl (C=O) groups excluding carboxylic acids is 1. The van der Waals surface area contributed by atoms with Crippen molar-refractivity contribution in [3.8, 4) is 0 Å². The van der Waals surface area contributed by atoms with Gasteiger partial charge in [-0.15, -0.1) is 0 Å². The lowest BCUT2D eigenvalue weighted by atomic mass is 9.81. The highest BCUT2D eigenvalue weighted by molar-refractivity contribution is 5.80. The van der Waals surface area contributed by atoms with Crippen molar-refractivity contribution in [1.82, 2.24) is 5.32 Å². The summed E-state index contributed by atoms with van der Waals surface area (Å²) in [4.78, 5) is 23.3. The van der Waals surface area contributed by atoms with Gasteiger partial charge in [-0.25, -0.2) is 0 Å². The maximum absolute atomic E-state index is 12.3. The molecule has 0 spiro atoms. The standard InChI is InChI=1S/C16H25NO3/c18-15(12-2-1-3-13(8-12)16(19)20)17-9-14(10-4-5-10)11-6-7-11/h10-14H,1-9H2,(H,17,18)(H,19,20). The van der Waals surface area contributed by atoms with E-state index in [-0.39, 0.29) is 17.7 Å². The van der Waals surface area contributed by atoms with Crippen LogP contribution in [0.3, 0.4) is 0 Å². The van der Waals surface area contributed by atoms with Crippen LogP contribution in [0.4, 0.5) is 0 Å². The van der Waals surface area contributed by atoms with E-state index in [1.165, 1.54) is 25.7 Å². The molecule has 0 aromatic rings. The first kappa shape index (κ1) is 13.9. The van der Waals surface area contributed by atoms with E-state index in [0.29, 0.717) is 12.3 Å². The molecule has 0 bridgehead atoms. The first-order chi connectivity index (χ1) is 9.65. The third-order valence-corrected chi connectivity index (χ3v) is 5.36. The Morgan fingerprint density at radius 2 is 1.60 bits per heavy atom. The van der Waals surface area contributed by atoms with E-state index < -0.39 is 5.97 Å². The molecule has 3 aliphatic carbocycles. The van der Waals surface area contributed by atoms with Crippen molar-refractivity contribution in [3.63, 3.8) is 0 Å². The minimum absolute atomic E-state index is 0.0797. The van der Waals surface area contributed by atoms with Crippen LogP contribution in [-0.4, -0.2) is 23.5 Å². The van der Waals surface area contributed by atoms with Crippen LogP contribution in [0.15, 0.2) is 0 Å². The van der Waals surface area contributed by atoms with Crippen LogP contribution in [0.25, 0.3) is 0 Å². The largest absolute Gasteiger partial charge is 0.481 e. The number of nitrogens with one attached hydrogen (secondary N) is 1. The minimum Gasteiger partial charge on any atom is -0.481 e. The molecule has 20 heavy (non-hydrogen) atoms. The summed E-state index contributed by atoms with van der Waals surface area (Å²) in [6.07, 6.45) is 8.31. The summed E-state index contributed by atoms with van der Waals surface area (Å²) < 4.78 is 0. The fourth-order valence-corrected chi connectivity index (χ4v) is 3.78. The van der Waals surface area contributed by atoms with E-state index in [1.54, 1.807) is 0 Å². The Labute approximate surface area is 120 Å². The predicted molar refractivity (Wildman–Crippen MR) is 75.0 cm³/mol. The molecule has 0 aromatic carbocycles. The van der Waals surface area contributed by atoms with Gasteiger partial charge in [0.15, 0.2) is 0 Å². The van der Waals surface area contributed by atoms with Gasteiger partial charge >= 0.3 is 5.97 Å². The molecule has 0 saturated heterocycles. The van der Waals surface area contributed by atoms with E-state index >= 15 is 0 Å². The monoisotopic (exact) mass is 279 g/mol. The number of amides is 1. The van der Waals surface area contributed by atoms with Crippen molar-refractivity contribution in [3.05, 3.63) is 0 Å². The van der Waals surface area contributed by atoms with Gasteiger partial charge in [0.05, 0.1) is 5.92 Å². The molecule has 3 aliphatic rings. The average Bonchev–Trinajstić information content (AvgIpc) is 3.32. The minimum atomic E-state index is -0.740. The lowest BCUT2D eigenvalue weighted by molar-refractivity contribution is -0.144. The second kappa shape index (κ2) is 5.74. The molecule has 4 heteroatoms. The van der Waals surface area contributed by atoms with Gasteiger partial charge in [0.25, 0.3) is 0 Å². The third-order valence-electron chi connectivity index (χ3n) is 5.36. The van der Waals surface area contributed by atoms with Gasteiger partial charge in [0.1, 0.15) is 0 Å². The number of rotatable bonds is 6. The molecule has 1 amide bonds. The van der Waals surface area contributed by atoms with Crippen LogP contribution in [0, 0.1) is 29.6 Å². The third kappa shape index (κ3) is 3.33. The predicted octanol–water partition coefficient (Wildman–Crippen LogP) is 2.43. The van der Waals surface area contributed by atoms with Crippen molar-refractivity contribution >= 4 is 11.9 Å². The van der Waals surface area contributed by atoms with E-state index in [4.69, 9.17) is 5.11 Å². The van der Waals surface area contributed by atoms with E-state index in [2.05, 4.69) is 5.32 Å². The van der Waals surface area contributed by atoms with E-state index in [0.717, 1.165) is 37.6 Å². The van der Waals surface area contributed by atoms with Crippen LogP contribution >= 0.6 is 0 Å². The van der Waals surface area contributed by atoms with Gasteiger partial charge in [-0.1, -0.05) is 6.42 Å². The van der Waals surface area contributed by atoms with Gasteiger partial charge in [0.2, 0.25) is 5.91 Å². The Morgan fingerprint density at radius 3 is 2.15 bits per heavy atom. The van der Waals surface area contributed by atoms with Crippen LogP contribution in [-0.2, 0) is 9.59 Å². The first-order valence-electron chi connectivity index (χ1n) is 8.15. The van der Waals surface area contributed by atoms with Crippen LogP contribution < -0.4 is 5.32 Å². The molecule has 3 rings (SSSR count). The summed E-state index contributed by atoms with van der Waals surface area (Å²) in [6.45, 7) is 0.822. The second-order valence-electron chi connectivity index (χ2n) is 6.98. The summed E-state index contributed by atoms with van der Waals surface area (Å²) in [5, 5.41) is 12.2. The lowest BCUT2D eigenvalue weighted by Gasteiger charge is -2.26. The molecule has 3 fully saturated rings. The highest BCUT2D eigenvalue weighted by Gasteiger charge is 2.41. The Kier molecular flexibility index (Phi) is 3.99. The number of hydrogen-bond acceptors (Lipinski definition) is 2. The SMILES string of the molecule is O=C(O)C1CCCC(C(=O)NCC(C2CC2)C2CC2)C1. The molecule has 2 unspecified atom stereocenters. The Balaban J connectivity index is 1.47. The Bertz CT molecular complexity index is 375. The number of carboxylic acids is 1. The molecule has 112 valence electrons. The van der Waals surface area contributed by atoms with Gasteiger partial charge < -0.3 is 10.4 Å². The maximum atomic E-state index is 12.3. The summed E-state index contributed by atoms with van der Waals surface area (Å²) in [5.74, 6) is 1.35. The maximum Gasteiger partial charge on any atom is 0.306 e. The molecule has 0 aliphatic heterocycles. The zero-order valence-electron chi connectivity index (χ0n) is 12.0. The van der Waals surface area contributed by atoms with Crippen LogP contribution in [0.1, 0.15) is 51.4 Å². The lowest BCUT2D eigenvalue weighted by Crippen LogP contribution is -2.38. The summed E-state index contributed by atoms with van der Waals surface area (Å²) in [6, 6.07) is 0. The van der Waals surface area contributed by atoms with E-state index in [9.17, 15) is 9.59 Å². The number of carboxylic acid groups (broad SMARTS) is 1. The average molecular weight is 279 g/mol. The van der Waals surface area contributed by atoms with Gasteiger partial charge in [-0.05, 0) is 62.7 Å². The summed E-state index contributed by atoms with van der Waals surface area (Å²) in [5.41, 5.74) is 0. The first-order valence-corrected chi connectivity index (χ1v) is 8.15. The van der Waals surface area contributed by atoms with Gasteiger partial charge in [-0.3, -0.25) is 9.59 Å². The summed E-state index contributed by atoms with van der Waals surface area (Å²) in [7, 11) is 0. The van der Waals surface area contributed by atoms with Crippen molar-refractivity contribution in [2.24, 2.45) is 29.6 Å². The number of carbonyl (C=O) groups is 2. The molecule has 2 atom stereocenters. The molecular weight excluding hydrogens is 254 g/mol. The quantitative estimate of drug-likeness (QED) is 0.784. The van der Waals surface area contributed by atoms with Gasteiger partial charge in [0, 0.05) is 12.5 Å². The second-order valence-corrected chi connectivity index (χ2v) is 6.98. The highest BCUT2D eigenvalue weighted by Crippen LogP contribution is 2.48. The zero-order chi connectivity index (χ0) is 14.1. The van der Waals surface area contributed by atoms with Crippen molar-refractivity contribution < 1.29 is 14.7 Å². The summed E-state index contributed by atoms with van der Waals surface area (Å²) >= 11 is 0. The molecule has 0 heterocycles. The fourth-order valence-electron chi connectivity index (χ4n) is 3.78. The molecule has 4 nitrogen and oxygen atoms in total. The fraction of sp³-hybridized carbons (Fsp3) is 0.875.